The molecule has 0 unspecified atom stereocenters. The Bertz CT molecular complexity index is 982. The molecule has 8 nitrogen and oxygen atoms in total. The summed E-state index contributed by atoms with van der Waals surface area (Å²) in [6.45, 7) is 2.41. The maximum Gasteiger partial charge on any atom is 0.414 e. The monoisotopic (exact) mass is 427 g/mol. The van der Waals surface area contributed by atoms with E-state index in [2.05, 4.69) is 0 Å². The molecule has 1 aliphatic carbocycles. The molecule has 3 aliphatic heterocycles. The van der Waals surface area contributed by atoms with Crippen LogP contribution in [0.1, 0.15) is 12.8 Å². The number of hydrogen-bond donors (Lipinski definition) is 0. The number of likely N-dealkylation sites (tertiary alicyclic amines) is 1. The summed E-state index contributed by atoms with van der Waals surface area (Å²) in [6, 6.07) is 4.63. The van der Waals surface area contributed by atoms with E-state index in [4.69, 9.17) is 9.47 Å². The number of rotatable bonds is 4. The van der Waals surface area contributed by atoms with Gasteiger partial charge in [0.1, 0.15) is 11.9 Å². The topological polar surface area (TPSA) is 79.4 Å². The van der Waals surface area contributed by atoms with Gasteiger partial charge in [-0.1, -0.05) is 12.2 Å². The Morgan fingerprint density at radius 2 is 1.68 bits per heavy atom. The maximum atomic E-state index is 14.7. The standard InChI is InChI=1S/C22H22FN3O5/c23-18-11-14(5-6-19(18)24-7-9-30-10-8-24)25-12-15(31-22(25)29)13-26-20(27)16-3-1-2-4-17(16)21(26)28/h3-6,11,15H,1-2,7-10,12-13H2/t15-/m1/s1. The molecule has 3 heterocycles. The first-order valence-corrected chi connectivity index (χ1v) is 10.4. The highest BCUT2D eigenvalue weighted by Crippen LogP contribution is 2.32. The molecular formula is C22H22FN3O5. The number of morpholine rings is 1. The van der Waals surface area contributed by atoms with Gasteiger partial charge in [0.25, 0.3) is 11.8 Å². The minimum atomic E-state index is -0.677. The number of carbonyl (C=O) groups excluding carboxylic acids is 3. The van der Waals surface area contributed by atoms with Gasteiger partial charge < -0.3 is 14.4 Å². The van der Waals surface area contributed by atoms with Crippen LogP contribution in [0.5, 0.6) is 0 Å². The molecule has 162 valence electrons. The van der Waals surface area contributed by atoms with Crippen LogP contribution in [0.25, 0.3) is 0 Å². The molecule has 0 saturated carbocycles. The van der Waals surface area contributed by atoms with E-state index < -0.39 is 18.0 Å². The summed E-state index contributed by atoms with van der Waals surface area (Å²) in [4.78, 5) is 41.9. The third-order valence-electron chi connectivity index (χ3n) is 5.96. The normalized spacial score (nSPS) is 23.7. The molecule has 0 N–H and O–H groups in total. The highest BCUT2D eigenvalue weighted by atomic mass is 19.1. The average Bonchev–Trinajstić information content (AvgIpc) is 3.27. The Morgan fingerprint density at radius 3 is 2.32 bits per heavy atom. The summed E-state index contributed by atoms with van der Waals surface area (Å²) in [7, 11) is 0. The Kier molecular flexibility index (Phi) is 4.97. The third-order valence-corrected chi connectivity index (χ3v) is 5.96. The van der Waals surface area contributed by atoms with Gasteiger partial charge in [-0.25, -0.2) is 9.18 Å². The fourth-order valence-electron chi connectivity index (χ4n) is 4.38. The number of amides is 3. The fraction of sp³-hybridized carbons (Fsp3) is 0.409. The summed E-state index contributed by atoms with van der Waals surface area (Å²) in [5.41, 5.74) is 1.70. The van der Waals surface area contributed by atoms with Gasteiger partial charge in [-0.2, -0.15) is 0 Å². The predicted molar refractivity (Wildman–Crippen MR) is 109 cm³/mol. The quantitative estimate of drug-likeness (QED) is 0.684. The van der Waals surface area contributed by atoms with Gasteiger partial charge in [-0.05, 0) is 31.0 Å². The molecule has 1 atom stereocenters. The molecule has 4 aliphatic rings. The van der Waals surface area contributed by atoms with Gasteiger partial charge in [0.15, 0.2) is 0 Å². The van der Waals surface area contributed by atoms with Crippen LogP contribution < -0.4 is 9.80 Å². The molecule has 31 heavy (non-hydrogen) atoms. The fourth-order valence-corrected chi connectivity index (χ4v) is 4.38. The SMILES string of the molecule is O=C1C2=CCCC=C2C(=O)N1C[C@H]1CN(c2ccc(N3CCOCC3)c(F)c2)C(=O)O1. The molecule has 0 aromatic heterocycles. The first-order chi connectivity index (χ1) is 15.0. The lowest BCUT2D eigenvalue weighted by molar-refractivity contribution is -0.137. The van der Waals surface area contributed by atoms with E-state index >= 15 is 0 Å². The molecule has 9 heteroatoms. The summed E-state index contributed by atoms with van der Waals surface area (Å²) in [5.74, 6) is -1.14. The van der Waals surface area contributed by atoms with Gasteiger partial charge in [-0.15, -0.1) is 0 Å². The zero-order valence-electron chi connectivity index (χ0n) is 16.9. The van der Waals surface area contributed by atoms with Gasteiger partial charge in [-0.3, -0.25) is 19.4 Å². The number of hydrogen-bond acceptors (Lipinski definition) is 6. The van der Waals surface area contributed by atoms with Gasteiger partial charge >= 0.3 is 6.09 Å². The Hall–Kier alpha value is -3.20. The zero-order valence-corrected chi connectivity index (χ0v) is 16.9. The maximum absolute atomic E-state index is 14.7. The van der Waals surface area contributed by atoms with Crippen LogP contribution in [0.4, 0.5) is 20.6 Å². The number of ether oxygens (including phenoxy) is 2. The highest BCUT2D eigenvalue weighted by Gasteiger charge is 2.43. The van der Waals surface area contributed by atoms with E-state index in [9.17, 15) is 18.8 Å². The molecule has 0 radical (unpaired) electrons. The minimum absolute atomic E-state index is 0.0249. The van der Waals surface area contributed by atoms with Gasteiger partial charge in [0.05, 0.1) is 37.7 Å². The van der Waals surface area contributed by atoms with Crippen LogP contribution in [-0.2, 0) is 19.1 Å². The summed E-state index contributed by atoms with van der Waals surface area (Å²) in [6.07, 6.45) is 3.71. The Morgan fingerprint density at radius 1 is 1.00 bits per heavy atom. The van der Waals surface area contributed by atoms with Crippen molar-refractivity contribution in [2.75, 3.05) is 49.2 Å². The smallest absolute Gasteiger partial charge is 0.414 e. The van der Waals surface area contributed by atoms with E-state index in [0.29, 0.717) is 48.8 Å². The second kappa shape index (κ2) is 7.81. The van der Waals surface area contributed by atoms with Crippen molar-refractivity contribution >= 4 is 29.3 Å². The van der Waals surface area contributed by atoms with Crippen molar-refractivity contribution in [3.8, 4) is 0 Å². The summed E-state index contributed by atoms with van der Waals surface area (Å²) >= 11 is 0. The molecule has 0 bridgehead atoms. The Balaban J connectivity index is 1.29. The molecule has 5 rings (SSSR count). The molecule has 1 aromatic carbocycles. The average molecular weight is 427 g/mol. The van der Waals surface area contributed by atoms with Crippen molar-refractivity contribution in [2.24, 2.45) is 0 Å². The minimum Gasteiger partial charge on any atom is -0.442 e. The van der Waals surface area contributed by atoms with E-state index in [1.165, 1.54) is 11.0 Å². The number of imide groups is 1. The first-order valence-electron chi connectivity index (χ1n) is 10.4. The van der Waals surface area contributed by atoms with Crippen LogP contribution in [-0.4, -0.2) is 68.3 Å². The number of anilines is 2. The van der Waals surface area contributed by atoms with Crippen molar-refractivity contribution in [1.82, 2.24) is 4.90 Å². The largest absolute Gasteiger partial charge is 0.442 e. The molecular weight excluding hydrogens is 405 g/mol. The van der Waals surface area contributed by atoms with E-state index in [0.717, 1.165) is 17.7 Å². The second-order valence-electron chi connectivity index (χ2n) is 7.89. The Labute approximate surface area is 178 Å². The van der Waals surface area contributed by atoms with E-state index in [1.54, 1.807) is 24.3 Å². The number of halogens is 1. The summed E-state index contributed by atoms with van der Waals surface area (Å²) in [5, 5.41) is 0. The molecule has 3 amide bonds. The number of carbonyl (C=O) groups is 3. The van der Waals surface area contributed by atoms with Crippen molar-refractivity contribution in [2.45, 2.75) is 18.9 Å². The number of benzene rings is 1. The third kappa shape index (κ3) is 3.48. The molecule has 3 saturated heterocycles. The number of allylic oxidation sites excluding steroid dienone is 2. The second-order valence-corrected chi connectivity index (χ2v) is 7.89. The van der Waals surface area contributed by atoms with Crippen LogP contribution in [0.15, 0.2) is 41.5 Å². The van der Waals surface area contributed by atoms with Crippen LogP contribution in [0, 0.1) is 5.82 Å². The van der Waals surface area contributed by atoms with Crippen molar-refractivity contribution < 1.29 is 28.2 Å². The van der Waals surface area contributed by atoms with Crippen LogP contribution in [0.3, 0.4) is 0 Å². The van der Waals surface area contributed by atoms with Crippen molar-refractivity contribution in [3.05, 3.63) is 47.3 Å². The van der Waals surface area contributed by atoms with E-state index in [1.807, 2.05) is 4.90 Å². The number of nitrogens with zero attached hydrogens (tertiary/aromatic N) is 3. The summed E-state index contributed by atoms with van der Waals surface area (Å²) < 4.78 is 25.4. The van der Waals surface area contributed by atoms with Gasteiger partial charge in [0.2, 0.25) is 0 Å². The van der Waals surface area contributed by atoms with E-state index in [-0.39, 0.29) is 24.9 Å². The first kappa shape index (κ1) is 19.7. The molecule has 1 aromatic rings. The van der Waals surface area contributed by atoms with Crippen LogP contribution in [0.2, 0.25) is 0 Å². The number of cyclic esters (lactones) is 1. The lowest BCUT2D eigenvalue weighted by atomic mass is 10.0. The van der Waals surface area contributed by atoms with Crippen LogP contribution >= 0.6 is 0 Å². The predicted octanol–water partition coefficient (Wildman–Crippen LogP) is 2.00. The van der Waals surface area contributed by atoms with Gasteiger partial charge in [0, 0.05) is 24.2 Å². The highest BCUT2D eigenvalue weighted by molar-refractivity contribution is 6.24. The lowest BCUT2D eigenvalue weighted by Gasteiger charge is -2.29. The zero-order chi connectivity index (χ0) is 21.5. The van der Waals surface area contributed by atoms with Crippen molar-refractivity contribution in [3.63, 3.8) is 0 Å². The van der Waals surface area contributed by atoms with Crippen molar-refractivity contribution in [1.29, 1.82) is 0 Å². The number of fused-ring (bicyclic) bond motifs is 1. The molecule has 0 spiro atoms. The molecule has 3 fully saturated rings. The lowest BCUT2D eigenvalue weighted by Crippen LogP contribution is -2.38.